The molecule has 2 rings (SSSR count). The molecule has 0 radical (unpaired) electrons. The summed E-state index contributed by atoms with van der Waals surface area (Å²) in [6, 6.07) is 0. The van der Waals surface area contributed by atoms with Gasteiger partial charge in [0.15, 0.2) is 0 Å². The van der Waals surface area contributed by atoms with Crippen molar-refractivity contribution in [3.8, 4) is 0 Å². The monoisotopic (exact) mass is 316 g/mol. The van der Waals surface area contributed by atoms with Gasteiger partial charge in [-0.2, -0.15) is 8.42 Å². The van der Waals surface area contributed by atoms with Crippen LogP contribution in [0.5, 0.6) is 0 Å². The topological polar surface area (TPSA) is 43.4 Å². The summed E-state index contributed by atoms with van der Waals surface area (Å²) >= 11 is 0. The van der Waals surface area contributed by atoms with Crippen molar-refractivity contribution in [1.29, 1.82) is 0 Å². The van der Waals surface area contributed by atoms with Crippen LogP contribution in [-0.4, -0.2) is 21.3 Å². The summed E-state index contributed by atoms with van der Waals surface area (Å²) in [5.74, 6) is 3.30. The molecule has 2 aliphatic carbocycles. The lowest BCUT2D eigenvalue weighted by Crippen LogP contribution is -2.28. The third kappa shape index (κ3) is 5.24. The van der Waals surface area contributed by atoms with E-state index in [1.807, 2.05) is 0 Å². The largest absolute Gasteiger partial charge is 0.273 e. The maximum atomic E-state index is 11.5. The van der Waals surface area contributed by atoms with Gasteiger partial charge in [-0.3, -0.25) is 4.18 Å². The molecule has 0 saturated heterocycles. The van der Waals surface area contributed by atoms with Gasteiger partial charge in [-0.25, -0.2) is 0 Å². The molecule has 0 heterocycles. The standard InChI is InChI=1S/C17H32O3S/c1-3-4-14-5-9-16(10-6-14)17-11-7-15(8-12-17)13-21(18,19)20-2/h14-17H,3-13H2,1-2H3. The van der Waals surface area contributed by atoms with Crippen molar-refractivity contribution in [1.82, 2.24) is 0 Å². The Morgan fingerprint density at radius 3 is 1.76 bits per heavy atom. The van der Waals surface area contributed by atoms with E-state index in [0.717, 1.165) is 30.6 Å². The molecule has 0 aromatic carbocycles. The molecule has 21 heavy (non-hydrogen) atoms. The molecule has 0 aliphatic heterocycles. The summed E-state index contributed by atoms with van der Waals surface area (Å²) in [5, 5.41) is 0. The lowest BCUT2D eigenvalue weighted by molar-refractivity contribution is 0.147. The predicted molar refractivity (Wildman–Crippen MR) is 86.6 cm³/mol. The Bertz CT molecular complexity index is 388. The van der Waals surface area contributed by atoms with Crippen LogP contribution >= 0.6 is 0 Å². The second-order valence-electron chi connectivity index (χ2n) is 7.24. The molecule has 0 unspecified atom stereocenters. The van der Waals surface area contributed by atoms with E-state index in [1.54, 1.807) is 0 Å². The van der Waals surface area contributed by atoms with Crippen LogP contribution in [0.3, 0.4) is 0 Å². The zero-order chi connectivity index (χ0) is 15.3. The highest BCUT2D eigenvalue weighted by molar-refractivity contribution is 7.86. The minimum atomic E-state index is -3.28. The molecule has 0 bridgehead atoms. The second-order valence-corrected chi connectivity index (χ2v) is 9.02. The van der Waals surface area contributed by atoms with Crippen molar-refractivity contribution in [3.63, 3.8) is 0 Å². The smallest absolute Gasteiger partial charge is 0.267 e. The van der Waals surface area contributed by atoms with Gasteiger partial charge >= 0.3 is 0 Å². The highest BCUT2D eigenvalue weighted by atomic mass is 32.2. The molecule has 0 atom stereocenters. The lowest BCUT2D eigenvalue weighted by Gasteiger charge is -2.37. The molecule has 0 aromatic heterocycles. The average Bonchev–Trinajstić information content (AvgIpc) is 2.49. The SMILES string of the molecule is CCCC1CCC(C2CCC(CS(=O)(=O)OC)CC2)CC1. The van der Waals surface area contributed by atoms with E-state index >= 15 is 0 Å². The molecule has 0 spiro atoms. The van der Waals surface area contributed by atoms with Gasteiger partial charge < -0.3 is 0 Å². The fourth-order valence-electron chi connectivity index (χ4n) is 4.54. The van der Waals surface area contributed by atoms with E-state index in [0.29, 0.717) is 5.92 Å². The van der Waals surface area contributed by atoms with Gasteiger partial charge in [-0.05, 0) is 62.2 Å². The predicted octanol–water partition coefficient (Wildman–Crippen LogP) is 4.38. The quantitative estimate of drug-likeness (QED) is 0.683. The van der Waals surface area contributed by atoms with E-state index in [9.17, 15) is 8.42 Å². The van der Waals surface area contributed by atoms with Crippen molar-refractivity contribution < 1.29 is 12.6 Å². The van der Waals surface area contributed by atoms with Crippen LogP contribution in [0.1, 0.15) is 71.1 Å². The minimum Gasteiger partial charge on any atom is -0.273 e. The first-order valence-electron chi connectivity index (χ1n) is 8.82. The Morgan fingerprint density at radius 2 is 1.33 bits per heavy atom. The van der Waals surface area contributed by atoms with Crippen LogP contribution in [0.2, 0.25) is 0 Å². The van der Waals surface area contributed by atoms with Gasteiger partial charge in [-0.15, -0.1) is 0 Å². The molecule has 2 saturated carbocycles. The molecule has 124 valence electrons. The normalized spacial score (nSPS) is 34.8. The van der Waals surface area contributed by atoms with E-state index < -0.39 is 10.1 Å². The molecule has 2 aliphatic rings. The fraction of sp³-hybridized carbons (Fsp3) is 1.00. The highest BCUT2D eigenvalue weighted by Crippen LogP contribution is 2.42. The van der Waals surface area contributed by atoms with Crippen LogP contribution in [0.4, 0.5) is 0 Å². The highest BCUT2D eigenvalue weighted by Gasteiger charge is 2.32. The van der Waals surface area contributed by atoms with E-state index in [4.69, 9.17) is 0 Å². The van der Waals surface area contributed by atoms with Gasteiger partial charge in [0, 0.05) is 0 Å². The van der Waals surface area contributed by atoms with Crippen molar-refractivity contribution in [2.24, 2.45) is 23.7 Å². The van der Waals surface area contributed by atoms with E-state index in [-0.39, 0.29) is 5.75 Å². The maximum Gasteiger partial charge on any atom is 0.267 e. The van der Waals surface area contributed by atoms with Gasteiger partial charge in [0.05, 0.1) is 12.9 Å². The number of hydrogen-bond donors (Lipinski definition) is 0. The average molecular weight is 317 g/mol. The first-order chi connectivity index (χ1) is 10.0. The molecule has 4 heteroatoms. The zero-order valence-electron chi connectivity index (χ0n) is 13.7. The van der Waals surface area contributed by atoms with Crippen LogP contribution in [0.25, 0.3) is 0 Å². The Balaban J connectivity index is 1.72. The summed E-state index contributed by atoms with van der Waals surface area (Å²) in [5.41, 5.74) is 0. The van der Waals surface area contributed by atoms with Crippen LogP contribution in [0.15, 0.2) is 0 Å². The summed E-state index contributed by atoms with van der Waals surface area (Å²) in [6.45, 7) is 2.29. The third-order valence-corrected chi connectivity index (χ3v) is 7.23. The van der Waals surface area contributed by atoms with Gasteiger partial charge in [0.1, 0.15) is 0 Å². The van der Waals surface area contributed by atoms with Crippen molar-refractivity contribution >= 4 is 10.1 Å². The molecule has 0 N–H and O–H groups in total. The molecule has 3 nitrogen and oxygen atoms in total. The summed E-state index contributed by atoms with van der Waals surface area (Å²) < 4.78 is 27.6. The summed E-state index contributed by atoms with van der Waals surface area (Å²) in [4.78, 5) is 0. The van der Waals surface area contributed by atoms with Crippen LogP contribution in [0, 0.1) is 23.7 Å². The second kappa shape index (κ2) is 7.96. The maximum absolute atomic E-state index is 11.5. The molecule has 2 fully saturated rings. The van der Waals surface area contributed by atoms with Gasteiger partial charge in [0.2, 0.25) is 0 Å². The summed E-state index contributed by atoms with van der Waals surface area (Å²) in [6.07, 6.45) is 13.0. The minimum absolute atomic E-state index is 0.222. The van der Waals surface area contributed by atoms with Crippen LogP contribution in [-0.2, 0) is 14.3 Å². The first-order valence-corrected chi connectivity index (χ1v) is 10.4. The van der Waals surface area contributed by atoms with Crippen LogP contribution < -0.4 is 0 Å². The van der Waals surface area contributed by atoms with Gasteiger partial charge in [0.25, 0.3) is 10.1 Å². The molecular formula is C17H32O3S. The van der Waals surface area contributed by atoms with Crippen molar-refractivity contribution in [3.05, 3.63) is 0 Å². The molecule has 0 amide bonds. The van der Waals surface area contributed by atoms with Gasteiger partial charge in [-0.1, -0.05) is 32.6 Å². The van der Waals surface area contributed by atoms with Crippen molar-refractivity contribution in [2.75, 3.05) is 12.9 Å². The lowest BCUT2D eigenvalue weighted by atomic mass is 9.69. The molecule has 0 aromatic rings. The Morgan fingerprint density at radius 1 is 0.857 bits per heavy atom. The molecular weight excluding hydrogens is 284 g/mol. The first kappa shape index (κ1) is 17.3. The van der Waals surface area contributed by atoms with Crippen molar-refractivity contribution in [2.45, 2.75) is 71.1 Å². The zero-order valence-corrected chi connectivity index (χ0v) is 14.5. The Kier molecular flexibility index (Phi) is 6.54. The summed E-state index contributed by atoms with van der Waals surface area (Å²) in [7, 11) is -2.00. The Hall–Kier alpha value is -0.0900. The number of rotatable bonds is 6. The Labute approximate surface area is 131 Å². The van der Waals surface area contributed by atoms with E-state index in [2.05, 4.69) is 11.1 Å². The fourth-order valence-corrected chi connectivity index (χ4v) is 5.59. The van der Waals surface area contributed by atoms with E-state index in [1.165, 1.54) is 58.5 Å². The third-order valence-electron chi connectivity index (χ3n) is 5.84. The number of hydrogen-bond acceptors (Lipinski definition) is 3.